The lowest BCUT2D eigenvalue weighted by molar-refractivity contribution is 0.150. The van der Waals surface area contributed by atoms with Gasteiger partial charge in [-0.2, -0.15) is 0 Å². The van der Waals surface area contributed by atoms with Crippen molar-refractivity contribution >= 4 is 0 Å². The van der Waals surface area contributed by atoms with Crippen molar-refractivity contribution in [2.75, 3.05) is 0 Å². The highest BCUT2D eigenvalue weighted by atomic mass is 16.5. The third kappa shape index (κ3) is 0.876. The maximum Gasteiger partial charge on any atom is 0.116 e. The first-order chi connectivity index (χ1) is 4.13. The first-order valence-corrected chi connectivity index (χ1v) is 3.01. The monoisotopic (exact) mass is 128 g/mol. The van der Waals surface area contributed by atoms with Crippen molar-refractivity contribution in [3.05, 3.63) is 11.5 Å². The summed E-state index contributed by atoms with van der Waals surface area (Å²) in [7, 11) is 0. The maximum atomic E-state index is 5.60. The highest BCUT2D eigenvalue weighted by molar-refractivity contribution is 5.16. The van der Waals surface area contributed by atoms with Crippen LogP contribution in [0.5, 0.6) is 0 Å². The van der Waals surface area contributed by atoms with Crippen LogP contribution in [0.4, 0.5) is 0 Å². The van der Waals surface area contributed by atoms with Crippen molar-refractivity contribution in [2.24, 2.45) is 11.5 Å². The molecule has 0 amide bonds. The molecule has 0 radical (unpaired) electrons. The SMILES string of the molecule is CC1=C(N)C(N)C(C)O1. The van der Waals surface area contributed by atoms with Crippen LogP contribution in [0.3, 0.4) is 0 Å². The molecule has 9 heavy (non-hydrogen) atoms. The third-order valence-electron chi connectivity index (χ3n) is 1.63. The van der Waals surface area contributed by atoms with Gasteiger partial charge in [-0.25, -0.2) is 0 Å². The average Bonchev–Trinajstić information content (AvgIpc) is 1.98. The summed E-state index contributed by atoms with van der Waals surface area (Å²) in [6.07, 6.45) is 0.0463. The normalized spacial score (nSPS) is 35.0. The summed E-state index contributed by atoms with van der Waals surface area (Å²) >= 11 is 0. The van der Waals surface area contributed by atoms with E-state index in [0.29, 0.717) is 5.70 Å². The lowest BCUT2D eigenvalue weighted by Crippen LogP contribution is -2.33. The summed E-state index contributed by atoms with van der Waals surface area (Å²) in [6, 6.07) is -0.106. The molecule has 1 aliphatic rings. The first-order valence-electron chi connectivity index (χ1n) is 3.01. The Hall–Kier alpha value is -0.700. The molecule has 2 unspecified atom stereocenters. The van der Waals surface area contributed by atoms with Gasteiger partial charge in [-0.1, -0.05) is 0 Å². The van der Waals surface area contributed by atoms with Crippen molar-refractivity contribution in [3.63, 3.8) is 0 Å². The Morgan fingerprint density at radius 2 is 2.11 bits per heavy atom. The molecule has 0 spiro atoms. The van der Waals surface area contributed by atoms with Crippen LogP contribution in [0, 0.1) is 0 Å². The van der Waals surface area contributed by atoms with Gasteiger partial charge in [-0.3, -0.25) is 0 Å². The lowest BCUT2D eigenvalue weighted by Gasteiger charge is -2.08. The molecule has 0 aromatic heterocycles. The molecule has 3 nitrogen and oxygen atoms in total. The fourth-order valence-electron chi connectivity index (χ4n) is 0.908. The fourth-order valence-corrected chi connectivity index (χ4v) is 0.908. The van der Waals surface area contributed by atoms with E-state index in [1.807, 2.05) is 13.8 Å². The molecule has 0 aromatic carbocycles. The molecule has 0 saturated carbocycles. The van der Waals surface area contributed by atoms with E-state index in [4.69, 9.17) is 16.2 Å². The molecule has 0 fully saturated rings. The quantitative estimate of drug-likeness (QED) is 0.479. The molecule has 2 atom stereocenters. The van der Waals surface area contributed by atoms with Crippen LogP contribution in [-0.4, -0.2) is 12.1 Å². The zero-order valence-electron chi connectivity index (χ0n) is 5.72. The molecule has 1 rings (SSSR count). The first kappa shape index (κ1) is 6.42. The topological polar surface area (TPSA) is 61.3 Å². The van der Waals surface area contributed by atoms with Gasteiger partial charge in [-0.05, 0) is 13.8 Å². The van der Waals surface area contributed by atoms with E-state index in [2.05, 4.69) is 0 Å². The van der Waals surface area contributed by atoms with Crippen molar-refractivity contribution in [1.82, 2.24) is 0 Å². The fraction of sp³-hybridized carbons (Fsp3) is 0.667. The van der Waals surface area contributed by atoms with E-state index in [-0.39, 0.29) is 12.1 Å². The van der Waals surface area contributed by atoms with Crippen molar-refractivity contribution in [3.8, 4) is 0 Å². The predicted octanol–water partition coefficient (Wildman–Crippen LogP) is -0.0774. The van der Waals surface area contributed by atoms with Crippen molar-refractivity contribution in [1.29, 1.82) is 0 Å². The number of hydrogen-bond donors (Lipinski definition) is 2. The summed E-state index contributed by atoms with van der Waals surface area (Å²) in [5.41, 5.74) is 11.8. The Bertz CT molecular complexity index is 153. The van der Waals surface area contributed by atoms with Gasteiger partial charge in [0.2, 0.25) is 0 Å². The Kier molecular flexibility index (Phi) is 1.37. The minimum atomic E-state index is -0.106. The van der Waals surface area contributed by atoms with E-state index in [9.17, 15) is 0 Å². The van der Waals surface area contributed by atoms with E-state index in [0.717, 1.165) is 5.76 Å². The second-order valence-electron chi connectivity index (χ2n) is 2.36. The van der Waals surface area contributed by atoms with E-state index in [1.54, 1.807) is 0 Å². The molecule has 4 N–H and O–H groups in total. The highest BCUT2D eigenvalue weighted by Gasteiger charge is 2.25. The summed E-state index contributed by atoms with van der Waals surface area (Å²) in [6.45, 7) is 3.74. The van der Waals surface area contributed by atoms with Gasteiger partial charge in [0.1, 0.15) is 11.9 Å². The minimum absolute atomic E-state index is 0.0463. The van der Waals surface area contributed by atoms with E-state index < -0.39 is 0 Å². The summed E-state index contributed by atoms with van der Waals surface area (Å²) < 4.78 is 5.22. The van der Waals surface area contributed by atoms with Crippen LogP contribution in [0.2, 0.25) is 0 Å². The molecule has 3 heteroatoms. The second kappa shape index (κ2) is 1.92. The van der Waals surface area contributed by atoms with E-state index in [1.165, 1.54) is 0 Å². The molecule has 1 aliphatic heterocycles. The van der Waals surface area contributed by atoms with Crippen molar-refractivity contribution < 1.29 is 4.74 Å². The van der Waals surface area contributed by atoms with Crippen molar-refractivity contribution in [2.45, 2.75) is 26.0 Å². The summed E-state index contributed by atoms with van der Waals surface area (Å²) in [5.74, 6) is 0.773. The Labute approximate surface area is 54.7 Å². The number of allylic oxidation sites excluding steroid dienone is 1. The Balaban J connectivity index is 2.74. The van der Waals surface area contributed by atoms with Gasteiger partial charge in [-0.15, -0.1) is 0 Å². The van der Waals surface area contributed by atoms with Crippen LogP contribution >= 0.6 is 0 Å². The standard InChI is InChI=1S/C6H12N2O/c1-3-5(7)6(8)4(2)9-3/h3,5H,7-8H2,1-2H3. The highest BCUT2D eigenvalue weighted by Crippen LogP contribution is 2.18. The molecule has 0 aromatic rings. The van der Waals surface area contributed by atoms with Crippen LogP contribution in [0.15, 0.2) is 11.5 Å². The zero-order valence-corrected chi connectivity index (χ0v) is 5.72. The number of ether oxygens (including phenoxy) is 1. The van der Waals surface area contributed by atoms with Gasteiger partial charge in [0, 0.05) is 0 Å². The second-order valence-corrected chi connectivity index (χ2v) is 2.36. The molecule has 0 bridgehead atoms. The molecule has 0 aliphatic carbocycles. The van der Waals surface area contributed by atoms with Gasteiger partial charge >= 0.3 is 0 Å². The zero-order chi connectivity index (χ0) is 7.02. The Morgan fingerprint density at radius 1 is 1.56 bits per heavy atom. The van der Waals surface area contributed by atoms with Gasteiger partial charge in [0.15, 0.2) is 0 Å². The van der Waals surface area contributed by atoms with Crippen LogP contribution in [0.1, 0.15) is 13.8 Å². The minimum Gasteiger partial charge on any atom is -0.491 e. The van der Waals surface area contributed by atoms with Gasteiger partial charge in [0.05, 0.1) is 11.7 Å². The van der Waals surface area contributed by atoms with Crippen LogP contribution in [-0.2, 0) is 4.74 Å². The molecular formula is C6H12N2O. The average molecular weight is 128 g/mol. The van der Waals surface area contributed by atoms with Gasteiger partial charge in [0.25, 0.3) is 0 Å². The van der Waals surface area contributed by atoms with Crippen LogP contribution in [0.25, 0.3) is 0 Å². The molecule has 52 valence electrons. The lowest BCUT2D eigenvalue weighted by atomic mass is 10.2. The predicted molar refractivity (Wildman–Crippen MR) is 35.4 cm³/mol. The molecular weight excluding hydrogens is 116 g/mol. The molecule has 0 saturated heterocycles. The largest absolute Gasteiger partial charge is 0.491 e. The third-order valence-corrected chi connectivity index (χ3v) is 1.63. The van der Waals surface area contributed by atoms with Crippen LogP contribution < -0.4 is 11.5 Å². The summed E-state index contributed by atoms with van der Waals surface area (Å²) in [4.78, 5) is 0. The number of rotatable bonds is 0. The summed E-state index contributed by atoms with van der Waals surface area (Å²) in [5, 5.41) is 0. The number of hydrogen-bond acceptors (Lipinski definition) is 3. The van der Waals surface area contributed by atoms with Gasteiger partial charge < -0.3 is 16.2 Å². The van der Waals surface area contributed by atoms with E-state index >= 15 is 0 Å². The number of nitrogens with two attached hydrogens (primary N) is 2. The smallest absolute Gasteiger partial charge is 0.116 e. The maximum absolute atomic E-state index is 5.60. The Morgan fingerprint density at radius 3 is 2.22 bits per heavy atom. The molecule has 1 heterocycles.